The fourth-order valence-corrected chi connectivity index (χ4v) is 0.671. The molecule has 0 aromatic heterocycles. The summed E-state index contributed by atoms with van der Waals surface area (Å²) in [6, 6.07) is 0. The van der Waals surface area contributed by atoms with Crippen molar-refractivity contribution in [2.24, 2.45) is 5.41 Å². The van der Waals surface area contributed by atoms with Crippen LogP contribution in [-0.2, 0) is 14.3 Å². The van der Waals surface area contributed by atoms with Crippen LogP contribution in [0, 0.1) is 5.41 Å². The van der Waals surface area contributed by atoms with Gasteiger partial charge in [0.25, 0.3) is 0 Å². The number of hydrogen-bond donors (Lipinski definition) is 0. The van der Waals surface area contributed by atoms with Gasteiger partial charge in [-0.25, -0.2) is 0 Å². The van der Waals surface area contributed by atoms with Crippen LogP contribution in [0.5, 0.6) is 0 Å². The minimum absolute atomic E-state index is 0.443. The Morgan fingerprint density at radius 2 is 1.57 bits per heavy atom. The van der Waals surface area contributed by atoms with Crippen molar-refractivity contribution in [2.75, 3.05) is 0 Å². The van der Waals surface area contributed by atoms with E-state index < -0.39 is 21.0 Å². The smallest absolute Gasteiger partial charge is 0.384 e. The van der Waals surface area contributed by atoms with Crippen molar-refractivity contribution >= 4 is 10.1 Å². The normalized spacial score (nSPS) is 14.7. The Labute approximate surface area is 80.7 Å². The fraction of sp³-hybridized carbons (Fsp3) is 0.714. The van der Waals surface area contributed by atoms with Crippen LogP contribution in [0.25, 0.3) is 0 Å². The van der Waals surface area contributed by atoms with Gasteiger partial charge in [0, 0.05) is 0 Å². The van der Waals surface area contributed by atoms with Crippen molar-refractivity contribution in [3.63, 3.8) is 0 Å². The molecule has 0 saturated carbocycles. The van der Waals surface area contributed by atoms with Crippen molar-refractivity contribution in [3.05, 3.63) is 12.3 Å². The number of allylic oxidation sites excluding steroid dienone is 1. The SMILES string of the molecule is CC(C)(C)/C=C/OS(=O)(=O)C(F)(F)F. The molecule has 0 radical (unpaired) electrons. The maximum absolute atomic E-state index is 11.7. The standard InChI is InChI=1S/C7H11F3O3S/c1-6(2,3)4-5-13-14(11,12)7(8,9)10/h4-5H,1-3H3/b5-4+. The van der Waals surface area contributed by atoms with Crippen LogP contribution in [0.2, 0.25) is 0 Å². The van der Waals surface area contributed by atoms with Crippen LogP contribution in [0.1, 0.15) is 20.8 Å². The first kappa shape index (κ1) is 13.3. The number of halogens is 3. The molecular formula is C7H11F3O3S. The first-order valence-electron chi connectivity index (χ1n) is 3.63. The largest absolute Gasteiger partial charge is 0.534 e. The van der Waals surface area contributed by atoms with Crippen molar-refractivity contribution in [2.45, 2.75) is 26.3 Å². The summed E-state index contributed by atoms with van der Waals surface area (Å²) in [5.41, 5.74) is -5.82. The van der Waals surface area contributed by atoms with E-state index in [1.54, 1.807) is 20.8 Å². The molecular weight excluding hydrogens is 221 g/mol. The van der Waals surface area contributed by atoms with Gasteiger partial charge in [0.05, 0.1) is 0 Å². The highest BCUT2D eigenvalue weighted by Crippen LogP contribution is 2.25. The second-order valence-corrected chi connectivity index (χ2v) is 5.23. The predicted octanol–water partition coefficient (Wildman–Crippen LogP) is 2.41. The second kappa shape index (κ2) is 3.80. The molecule has 0 amide bonds. The lowest BCUT2D eigenvalue weighted by Crippen LogP contribution is -2.23. The van der Waals surface area contributed by atoms with Crippen LogP contribution >= 0.6 is 0 Å². The maximum atomic E-state index is 11.7. The number of hydrogen-bond acceptors (Lipinski definition) is 3. The quantitative estimate of drug-likeness (QED) is 0.417. The molecule has 0 spiro atoms. The number of alkyl halides is 3. The summed E-state index contributed by atoms with van der Waals surface area (Å²) >= 11 is 0. The molecule has 0 unspecified atom stereocenters. The lowest BCUT2D eigenvalue weighted by atomic mass is 9.98. The Balaban J connectivity index is 4.52. The topological polar surface area (TPSA) is 43.4 Å². The minimum Gasteiger partial charge on any atom is -0.384 e. The highest BCUT2D eigenvalue weighted by atomic mass is 32.2. The Morgan fingerprint density at radius 3 is 1.86 bits per heavy atom. The Morgan fingerprint density at radius 1 is 1.14 bits per heavy atom. The zero-order chi connectivity index (χ0) is 11.6. The average Bonchev–Trinajstić information content (AvgIpc) is 1.80. The van der Waals surface area contributed by atoms with E-state index in [1.807, 2.05) is 0 Å². The zero-order valence-electron chi connectivity index (χ0n) is 7.92. The molecule has 3 nitrogen and oxygen atoms in total. The van der Waals surface area contributed by atoms with Gasteiger partial charge in [-0.1, -0.05) is 20.8 Å². The predicted molar refractivity (Wildman–Crippen MR) is 44.7 cm³/mol. The number of rotatable bonds is 2. The van der Waals surface area contributed by atoms with Gasteiger partial charge >= 0.3 is 15.6 Å². The van der Waals surface area contributed by atoms with Crippen molar-refractivity contribution in [1.29, 1.82) is 0 Å². The molecule has 0 atom stereocenters. The third kappa shape index (κ3) is 4.50. The summed E-state index contributed by atoms with van der Waals surface area (Å²) < 4.78 is 59.4. The molecule has 0 aliphatic rings. The second-order valence-electron chi connectivity index (χ2n) is 3.66. The molecule has 0 N–H and O–H groups in total. The molecule has 7 heteroatoms. The molecule has 0 aliphatic carbocycles. The van der Waals surface area contributed by atoms with Crippen LogP contribution in [0.3, 0.4) is 0 Å². The Hall–Kier alpha value is -0.720. The van der Waals surface area contributed by atoms with E-state index in [0.717, 1.165) is 0 Å². The highest BCUT2D eigenvalue weighted by molar-refractivity contribution is 7.87. The highest BCUT2D eigenvalue weighted by Gasteiger charge is 2.47. The summed E-state index contributed by atoms with van der Waals surface area (Å²) in [6.45, 7) is 5.06. The van der Waals surface area contributed by atoms with Crippen molar-refractivity contribution in [1.82, 2.24) is 0 Å². The van der Waals surface area contributed by atoms with E-state index in [4.69, 9.17) is 0 Å². The first-order chi connectivity index (χ1) is 5.96. The van der Waals surface area contributed by atoms with E-state index in [-0.39, 0.29) is 0 Å². The molecule has 0 aliphatic heterocycles. The molecule has 0 rings (SSSR count). The average molecular weight is 232 g/mol. The van der Waals surface area contributed by atoms with E-state index >= 15 is 0 Å². The van der Waals surface area contributed by atoms with Gasteiger partial charge in [-0.15, -0.1) is 0 Å². The summed E-state index contributed by atoms with van der Waals surface area (Å²) in [6.07, 6.45) is 1.75. The molecule has 0 heterocycles. The lowest BCUT2D eigenvalue weighted by molar-refractivity contribution is -0.0515. The third-order valence-electron chi connectivity index (χ3n) is 1.03. The molecule has 0 aromatic carbocycles. The molecule has 0 aromatic rings. The van der Waals surface area contributed by atoms with Gasteiger partial charge < -0.3 is 4.18 Å². The first-order valence-corrected chi connectivity index (χ1v) is 5.04. The van der Waals surface area contributed by atoms with Crippen LogP contribution in [0.15, 0.2) is 12.3 Å². The van der Waals surface area contributed by atoms with E-state index in [1.165, 1.54) is 6.08 Å². The summed E-state index contributed by atoms with van der Waals surface area (Å²) in [4.78, 5) is 0. The molecule has 14 heavy (non-hydrogen) atoms. The fourth-order valence-electron chi connectivity index (χ4n) is 0.360. The molecule has 0 bridgehead atoms. The maximum Gasteiger partial charge on any atom is 0.534 e. The molecule has 0 saturated heterocycles. The monoisotopic (exact) mass is 232 g/mol. The van der Waals surface area contributed by atoms with Crippen LogP contribution < -0.4 is 0 Å². The summed E-state index contributed by atoms with van der Waals surface area (Å²) in [7, 11) is -5.51. The van der Waals surface area contributed by atoms with Gasteiger partial charge in [-0.05, 0) is 11.5 Å². The molecule has 84 valence electrons. The van der Waals surface area contributed by atoms with Gasteiger partial charge in [0.1, 0.15) is 6.26 Å². The Kier molecular flexibility index (Phi) is 3.60. The Bertz CT molecular complexity index is 308. The van der Waals surface area contributed by atoms with Gasteiger partial charge in [0.2, 0.25) is 0 Å². The minimum atomic E-state index is -5.51. The third-order valence-corrected chi connectivity index (χ3v) is 1.97. The van der Waals surface area contributed by atoms with Gasteiger partial charge in [0.15, 0.2) is 0 Å². The van der Waals surface area contributed by atoms with Crippen LogP contribution in [0.4, 0.5) is 13.2 Å². The van der Waals surface area contributed by atoms with Crippen molar-refractivity contribution < 1.29 is 25.8 Å². The van der Waals surface area contributed by atoms with Crippen molar-refractivity contribution in [3.8, 4) is 0 Å². The van der Waals surface area contributed by atoms with Crippen LogP contribution in [-0.4, -0.2) is 13.9 Å². The van der Waals surface area contributed by atoms with Gasteiger partial charge in [-0.3, -0.25) is 0 Å². The zero-order valence-corrected chi connectivity index (χ0v) is 8.74. The lowest BCUT2D eigenvalue weighted by Gasteiger charge is -2.11. The summed E-state index contributed by atoms with van der Waals surface area (Å²) in [5, 5.41) is 0. The molecule has 0 fully saturated rings. The summed E-state index contributed by atoms with van der Waals surface area (Å²) in [5.74, 6) is 0. The van der Waals surface area contributed by atoms with E-state index in [0.29, 0.717) is 6.26 Å². The van der Waals surface area contributed by atoms with E-state index in [9.17, 15) is 21.6 Å². The van der Waals surface area contributed by atoms with E-state index in [2.05, 4.69) is 4.18 Å². The van der Waals surface area contributed by atoms with Gasteiger partial charge in [-0.2, -0.15) is 21.6 Å².